The van der Waals surface area contributed by atoms with Crippen LogP contribution in [0.2, 0.25) is 0 Å². The highest BCUT2D eigenvalue weighted by Gasteiger charge is 2.38. The van der Waals surface area contributed by atoms with Crippen LogP contribution in [-0.2, 0) is 14.3 Å². The van der Waals surface area contributed by atoms with Gasteiger partial charge in [-0.05, 0) is 19.1 Å². The van der Waals surface area contributed by atoms with Gasteiger partial charge in [-0.1, -0.05) is 42.0 Å². The number of carbonyl (C=O) groups excluding carboxylic acids is 2. The predicted molar refractivity (Wildman–Crippen MR) is 89.6 cm³/mol. The van der Waals surface area contributed by atoms with Gasteiger partial charge in [-0.2, -0.15) is 0 Å². The fourth-order valence-corrected chi connectivity index (χ4v) is 2.87. The first-order chi connectivity index (χ1) is 11.0. The molecule has 2 aromatic carbocycles. The fourth-order valence-electron chi connectivity index (χ4n) is 2.87. The number of fused-ring (bicyclic) bond motifs is 1. The highest BCUT2D eigenvalue weighted by atomic mass is 16.5. The number of anilines is 1. The summed E-state index contributed by atoms with van der Waals surface area (Å²) in [7, 11) is 1.54. The maximum Gasteiger partial charge on any atom is 0.269 e. The quantitative estimate of drug-likeness (QED) is 0.631. The third-order valence-electron chi connectivity index (χ3n) is 3.86. The SMILES string of the molecule is CO/C(=C1\C(=O)N(C(C)=O)c2ccc(C)cc21)c1ccccc1. The molecule has 23 heavy (non-hydrogen) atoms. The van der Waals surface area contributed by atoms with Crippen molar-refractivity contribution in [2.45, 2.75) is 13.8 Å². The Morgan fingerprint density at radius 1 is 1.09 bits per heavy atom. The molecule has 0 unspecified atom stereocenters. The van der Waals surface area contributed by atoms with Gasteiger partial charge in [0.1, 0.15) is 5.76 Å². The van der Waals surface area contributed by atoms with Crippen molar-refractivity contribution in [1.82, 2.24) is 0 Å². The molecule has 0 aliphatic carbocycles. The Bertz CT molecular complexity index is 822. The predicted octanol–water partition coefficient (Wildman–Crippen LogP) is 3.40. The van der Waals surface area contributed by atoms with E-state index >= 15 is 0 Å². The molecule has 3 rings (SSSR count). The van der Waals surface area contributed by atoms with Crippen molar-refractivity contribution in [3.63, 3.8) is 0 Å². The largest absolute Gasteiger partial charge is 0.495 e. The molecule has 0 atom stereocenters. The number of hydrogen-bond acceptors (Lipinski definition) is 3. The first-order valence-corrected chi connectivity index (χ1v) is 7.34. The molecule has 2 aromatic rings. The van der Waals surface area contributed by atoms with Crippen molar-refractivity contribution in [3.05, 3.63) is 65.2 Å². The first-order valence-electron chi connectivity index (χ1n) is 7.34. The van der Waals surface area contributed by atoms with Gasteiger partial charge in [0.15, 0.2) is 0 Å². The van der Waals surface area contributed by atoms with Crippen LogP contribution in [0.25, 0.3) is 11.3 Å². The molecule has 1 aliphatic heterocycles. The van der Waals surface area contributed by atoms with E-state index in [1.807, 2.05) is 49.4 Å². The summed E-state index contributed by atoms with van der Waals surface area (Å²) in [5.74, 6) is -0.177. The average Bonchev–Trinajstić information content (AvgIpc) is 2.82. The summed E-state index contributed by atoms with van der Waals surface area (Å²) in [6.45, 7) is 3.34. The summed E-state index contributed by atoms with van der Waals surface area (Å²) < 4.78 is 5.54. The van der Waals surface area contributed by atoms with E-state index in [9.17, 15) is 9.59 Å². The second-order valence-electron chi connectivity index (χ2n) is 5.45. The lowest BCUT2D eigenvalue weighted by molar-refractivity contribution is -0.122. The van der Waals surface area contributed by atoms with Gasteiger partial charge in [-0.25, -0.2) is 4.90 Å². The van der Waals surface area contributed by atoms with E-state index in [4.69, 9.17) is 4.74 Å². The van der Waals surface area contributed by atoms with Crippen LogP contribution in [0.5, 0.6) is 0 Å². The van der Waals surface area contributed by atoms with Gasteiger partial charge in [-0.3, -0.25) is 9.59 Å². The number of carbonyl (C=O) groups is 2. The van der Waals surface area contributed by atoms with Gasteiger partial charge in [0.05, 0.1) is 18.4 Å². The molecule has 2 amide bonds. The zero-order chi connectivity index (χ0) is 16.6. The minimum absolute atomic E-state index is 0.307. The molecule has 4 nitrogen and oxygen atoms in total. The fraction of sp³-hybridized carbons (Fsp3) is 0.158. The molecule has 0 radical (unpaired) electrons. The number of methoxy groups -OCH3 is 1. The van der Waals surface area contributed by atoms with Crippen LogP contribution in [-0.4, -0.2) is 18.9 Å². The lowest BCUT2D eigenvalue weighted by Crippen LogP contribution is -2.31. The van der Waals surface area contributed by atoms with Crippen molar-refractivity contribution in [2.75, 3.05) is 12.0 Å². The van der Waals surface area contributed by atoms with Crippen LogP contribution in [0.1, 0.15) is 23.6 Å². The lowest BCUT2D eigenvalue weighted by atomic mass is 10.0. The number of rotatable bonds is 2. The van der Waals surface area contributed by atoms with Gasteiger partial charge in [-0.15, -0.1) is 0 Å². The molecule has 1 aliphatic rings. The van der Waals surface area contributed by atoms with Gasteiger partial charge in [0.25, 0.3) is 5.91 Å². The van der Waals surface area contributed by atoms with E-state index in [0.717, 1.165) is 16.7 Å². The Morgan fingerprint density at radius 2 is 1.78 bits per heavy atom. The third-order valence-corrected chi connectivity index (χ3v) is 3.86. The van der Waals surface area contributed by atoms with Crippen molar-refractivity contribution >= 4 is 28.8 Å². The summed E-state index contributed by atoms with van der Waals surface area (Å²) in [5, 5.41) is 0. The summed E-state index contributed by atoms with van der Waals surface area (Å²) >= 11 is 0. The first kappa shape index (κ1) is 15.0. The molecule has 116 valence electrons. The van der Waals surface area contributed by atoms with E-state index in [-0.39, 0.29) is 11.8 Å². The Labute approximate surface area is 135 Å². The highest BCUT2D eigenvalue weighted by molar-refractivity contribution is 6.42. The second kappa shape index (κ2) is 5.72. The lowest BCUT2D eigenvalue weighted by Gasteiger charge is -2.12. The number of imide groups is 1. The summed E-state index contributed by atoms with van der Waals surface area (Å²) in [6, 6.07) is 15.0. The number of hydrogen-bond donors (Lipinski definition) is 0. The molecule has 0 fully saturated rings. The van der Waals surface area contributed by atoms with Crippen LogP contribution in [0, 0.1) is 6.92 Å². The molecular weight excluding hydrogens is 290 g/mol. The molecular formula is C19H17NO3. The van der Waals surface area contributed by atoms with Crippen LogP contribution >= 0.6 is 0 Å². The third kappa shape index (κ3) is 2.42. The molecule has 0 saturated carbocycles. The van der Waals surface area contributed by atoms with Crippen LogP contribution < -0.4 is 4.90 Å². The smallest absolute Gasteiger partial charge is 0.269 e. The van der Waals surface area contributed by atoms with E-state index < -0.39 is 0 Å². The standard InChI is InChI=1S/C19H17NO3/c1-12-9-10-16-15(11-12)17(19(22)20(16)13(2)21)18(23-3)14-7-5-4-6-8-14/h4-11H,1-3H3/b18-17-. The Balaban J connectivity index is 2.31. The van der Waals surface area contributed by atoms with E-state index in [1.54, 1.807) is 6.07 Å². The van der Waals surface area contributed by atoms with Crippen LogP contribution in [0.15, 0.2) is 48.5 Å². The van der Waals surface area contributed by atoms with Gasteiger partial charge in [0.2, 0.25) is 5.91 Å². The van der Waals surface area contributed by atoms with E-state index in [0.29, 0.717) is 17.0 Å². The number of ether oxygens (including phenoxy) is 1. The van der Waals surface area contributed by atoms with Gasteiger partial charge in [0, 0.05) is 18.1 Å². The monoisotopic (exact) mass is 307 g/mol. The maximum absolute atomic E-state index is 12.9. The van der Waals surface area contributed by atoms with Gasteiger partial charge < -0.3 is 4.74 Å². The zero-order valence-corrected chi connectivity index (χ0v) is 13.3. The second-order valence-corrected chi connectivity index (χ2v) is 5.45. The molecule has 0 aromatic heterocycles. The molecule has 1 heterocycles. The number of aryl methyl sites for hydroxylation is 1. The van der Waals surface area contributed by atoms with Crippen LogP contribution in [0.4, 0.5) is 5.69 Å². The van der Waals surface area contributed by atoms with Crippen molar-refractivity contribution in [3.8, 4) is 0 Å². The number of benzene rings is 2. The van der Waals surface area contributed by atoms with Crippen LogP contribution in [0.3, 0.4) is 0 Å². The van der Waals surface area contributed by atoms with Crippen molar-refractivity contribution in [1.29, 1.82) is 0 Å². The minimum Gasteiger partial charge on any atom is -0.495 e. The minimum atomic E-state index is -0.348. The number of amides is 2. The van der Waals surface area contributed by atoms with E-state index in [2.05, 4.69) is 0 Å². The molecule has 0 spiro atoms. The molecule has 0 bridgehead atoms. The van der Waals surface area contributed by atoms with Crippen molar-refractivity contribution in [2.24, 2.45) is 0 Å². The van der Waals surface area contributed by atoms with Crippen molar-refractivity contribution < 1.29 is 14.3 Å². The Hall–Kier alpha value is -2.88. The average molecular weight is 307 g/mol. The highest BCUT2D eigenvalue weighted by Crippen LogP contribution is 2.41. The van der Waals surface area contributed by atoms with Gasteiger partial charge >= 0.3 is 0 Å². The normalized spacial score (nSPS) is 15.4. The molecule has 0 saturated heterocycles. The summed E-state index contributed by atoms with van der Waals surface area (Å²) in [6.07, 6.45) is 0. The maximum atomic E-state index is 12.9. The zero-order valence-electron chi connectivity index (χ0n) is 13.3. The summed E-state index contributed by atoms with van der Waals surface area (Å²) in [4.78, 5) is 26.0. The molecule has 4 heteroatoms. The molecule has 0 N–H and O–H groups in total. The van der Waals surface area contributed by atoms with E-state index in [1.165, 1.54) is 18.9 Å². The number of nitrogens with zero attached hydrogens (tertiary/aromatic N) is 1. The Morgan fingerprint density at radius 3 is 2.39 bits per heavy atom. The summed E-state index contributed by atoms with van der Waals surface area (Å²) in [5.41, 5.74) is 3.58. The Kier molecular flexibility index (Phi) is 3.74. The topological polar surface area (TPSA) is 46.6 Å².